The molecular weight excluding hydrogens is 189 g/mol. The number of hydrogen-bond acceptors (Lipinski definition) is 1. The van der Waals surface area contributed by atoms with Crippen molar-refractivity contribution in [1.82, 2.24) is 5.32 Å². The molecule has 15 heavy (non-hydrogen) atoms. The lowest BCUT2D eigenvalue weighted by molar-refractivity contribution is 0.489. The van der Waals surface area contributed by atoms with Crippen LogP contribution in [0.3, 0.4) is 0 Å². The summed E-state index contributed by atoms with van der Waals surface area (Å²) in [5.74, 6) is 2.46. The summed E-state index contributed by atoms with van der Waals surface area (Å²) >= 11 is 0. The molecule has 0 amide bonds. The molecule has 2 heteroatoms. The van der Waals surface area contributed by atoms with Crippen molar-refractivity contribution in [3.05, 3.63) is 35.1 Å². The van der Waals surface area contributed by atoms with Gasteiger partial charge in [-0.3, -0.25) is 5.32 Å². The summed E-state index contributed by atoms with van der Waals surface area (Å²) in [6, 6.07) is 5.21. The van der Waals surface area contributed by atoms with Crippen LogP contribution in [0, 0.1) is 25.1 Å². The Bertz CT molecular complexity index is 388. The lowest BCUT2D eigenvalue weighted by Gasteiger charge is -2.19. The SMILES string of the molecule is C#CC(C)(C)NCc1ccc(C)c(F)c1. The second kappa shape index (κ2) is 4.46. The third-order valence-corrected chi connectivity index (χ3v) is 2.33. The molecule has 0 aliphatic heterocycles. The number of terminal acetylenes is 1. The van der Waals surface area contributed by atoms with E-state index in [4.69, 9.17) is 6.42 Å². The molecule has 0 unspecified atom stereocenters. The van der Waals surface area contributed by atoms with Crippen molar-refractivity contribution in [3.63, 3.8) is 0 Å². The molecular formula is C13H16FN. The van der Waals surface area contributed by atoms with E-state index in [1.54, 1.807) is 13.0 Å². The molecule has 0 atom stereocenters. The Morgan fingerprint density at radius 1 is 1.47 bits per heavy atom. The second-order valence-corrected chi connectivity index (χ2v) is 4.21. The summed E-state index contributed by atoms with van der Waals surface area (Å²) in [5.41, 5.74) is 1.21. The monoisotopic (exact) mass is 205 g/mol. The number of hydrogen-bond donors (Lipinski definition) is 1. The molecule has 0 bridgehead atoms. The molecule has 1 aromatic rings. The minimum atomic E-state index is -0.360. The molecule has 0 aliphatic rings. The predicted octanol–water partition coefficient (Wildman–Crippen LogP) is 2.64. The first-order valence-electron chi connectivity index (χ1n) is 4.92. The van der Waals surface area contributed by atoms with Gasteiger partial charge in [0.05, 0.1) is 5.54 Å². The molecule has 0 aromatic heterocycles. The Balaban J connectivity index is 2.67. The van der Waals surface area contributed by atoms with Crippen molar-refractivity contribution in [2.75, 3.05) is 0 Å². The van der Waals surface area contributed by atoms with Crippen LogP contribution in [0.1, 0.15) is 25.0 Å². The van der Waals surface area contributed by atoms with Gasteiger partial charge in [0.25, 0.3) is 0 Å². The van der Waals surface area contributed by atoms with E-state index < -0.39 is 0 Å². The quantitative estimate of drug-likeness (QED) is 0.748. The summed E-state index contributed by atoms with van der Waals surface area (Å²) < 4.78 is 13.2. The lowest BCUT2D eigenvalue weighted by atomic mass is 10.1. The summed E-state index contributed by atoms with van der Waals surface area (Å²) in [5, 5.41) is 3.17. The number of halogens is 1. The van der Waals surface area contributed by atoms with Crippen molar-refractivity contribution >= 4 is 0 Å². The molecule has 1 N–H and O–H groups in total. The molecule has 0 aliphatic carbocycles. The average Bonchev–Trinajstić information content (AvgIpc) is 2.20. The highest BCUT2D eigenvalue weighted by molar-refractivity contribution is 5.23. The van der Waals surface area contributed by atoms with Crippen molar-refractivity contribution in [2.45, 2.75) is 32.9 Å². The van der Waals surface area contributed by atoms with Gasteiger partial charge in [-0.1, -0.05) is 18.1 Å². The lowest BCUT2D eigenvalue weighted by Crippen LogP contribution is -2.36. The number of aryl methyl sites for hydroxylation is 1. The normalized spacial score (nSPS) is 11.1. The van der Waals surface area contributed by atoms with E-state index in [-0.39, 0.29) is 11.4 Å². The van der Waals surface area contributed by atoms with E-state index in [2.05, 4.69) is 11.2 Å². The van der Waals surface area contributed by atoms with E-state index in [0.29, 0.717) is 12.1 Å². The highest BCUT2D eigenvalue weighted by atomic mass is 19.1. The molecule has 0 heterocycles. The highest BCUT2D eigenvalue weighted by Crippen LogP contribution is 2.10. The smallest absolute Gasteiger partial charge is 0.126 e. The maximum atomic E-state index is 13.2. The van der Waals surface area contributed by atoms with E-state index >= 15 is 0 Å². The fraction of sp³-hybridized carbons (Fsp3) is 0.385. The topological polar surface area (TPSA) is 12.0 Å². The zero-order valence-electron chi connectivity index (χ0n) is 9.39. The Labute approximate surface area is 90.7 Å². The Kier molecular flexibility index (Phi) is 3.49. The fourth-order valence-corrected chi connectivity index (χ4v) is 1.12. The van der Waals surface area contributed by atoms with Crippen LogP contribution in [-0.4, -0.2) is 5.54 Å². The summed E-state index contributed by atoms with van der Waals surface area (Å²) in [6.07, 6.45) is 5.34. The molecule has 80 valence electrons. The van der Waals surface area contributed by atoms with Crippen molar-refractivity contribution in [3.8, 4) is 12.3 Å². The van der Waals surface area contributed by atoms with Gasteiger partial charge in [-0.15, -0.1) is 6.42 Å². The van der Waals surface area contributed by atoms with Gasteiger partial charge in [-0.25, -0.2) is 4.39 Å². The summed E-state index contributed by atoms with van der Waals surface area (Å²) in [6.45, 7) is 6.15. The van der Waals surface area contributed by atoms with Crippen molar-refractivity contribution in [2.24, 2.45) is 0 Å². The van der Waals surface area contributed by atoms with E-state index in [1.807, 2.05) is 19.9 Å². The molecule has 0 radical (unpaired) electrons. The first-order chi connectivity index (χ1) is 6.94. The van der Waals surface area contributed by atoms with Crippen LogP contribution < -0.4 is 5.32 Å². The standard InChI is InChI=1S/C13H16FN/c1-5-13(3,4)15-9-11-7-6-10(2)12(14)8-11/h1,6-8,15H,9H2,2-4H3. The van der Waals surface area contributed by atoms with Gasteiger partial charge in [-0.05, 0) is 38.0 Å². The van der Waals surface area contributed by atoms with Crippen LogP contribution in [0.5, 0.6) is 0 Å². The number of rotatable bonds is 3. The Morgan fingerprint density at radius 3 is 2.67 bits per heavy atom. The van der Waals surface area contributed by atoms with Crippen molar-refractivity contribution < 1.29 is 4.39 Å². The zero-order chi connectivity index (χ0) is 11.5. The molecule has 1 aromatic carbocycles. The maximum absolute atomic E-state index is 13.2. The van der Waals surface area contributed by atoms with Gasteiger partial charge in [0.15, 0.2) is 0 Å². The van der Waals surface area contributed by atoms with Crippen LogP contribution in [0.4, 0.5) is 4.39 Å². The van der Waals surface area contributed by atoms with Crippen LogP contribution in [0.25, 0.3) is 0 Å². The molecule has 0 saturated heterocycles. The summed E-state index contributed by atoms with van der Waals surface area (Å²) in [7, 11) is 0. The first kappa shape index (κ1) is 11.7. The molecule has 1 rings (SSSR count). The zero-order valence-corrected chi connectivity index (χ0v) is 9.39. The van der Waals surface area contributed by atoms with Crippen LogP contribution in [-0.2, 0) is 6.54 Å². The van der Waals surface area contributed by atoms with Gasteiger partial charge >= 0.3 is 0 Å². The summed E-state index contributed by atoms with van der Waals surface area (Å²) in [4.78, 5) is 0. The van der Waals surface area contributed by atoms with Gasteiger partial charge in [0.2, 0.25) is 0 Å². The maximum Gasteiger partial charge on any atom is 0.126 e. The first-order valence-corrected chi connectivity index (χ1v) is 4.92. The largest absolute Gasteiger partial charge is 0.298 e. The number of nitrogens with one attached hydrogen (secondary N) is 1. The second-order valence-electron chi connectivity index (χ2n) is 4.21. The fourth-order valence-electron chi connectivity index (χ4n) is 1.12. The molecule has 0 spiro atoms. The number of benzene rings is 1. The third kappa shape index (κ3) is 3.38. The van der Waals surface area contributed by atoms with E-state index in [1.165, 1.54) is 6.07 Å². The average molecular weight is 205 g/mol. The van der Waals surface area contributed by atoms with Gasteiger partial charge in [0, 0.05) is 6.54 Å². The molecule has 0 fully saturated rings. The van der Waals surface area contributed by atoms with E-state index in [0.717, 1.165) is 5.56 Å². The molecule has 0 saturated carbocycles. The minimum absolute atomic E-state index is 0.173. The Morgan fingerprint density at radius 2 is 2.13 bits per heavy atom. The van der Waals surface area contributed by atoms with Gasteiger partial charge in [-0.2, -0.15) is 0 Å². The van der Waals surface area contributed by atoms with Gasteiger partial charge in [0.1, 0.15) is 5.82 Å². The Hall–Kier alpha value is -1.33. The molecule has 1 nitrogen and oxygen atoms in total. The van der Waals surface area contributed by atoms with Crippen LogP contribution in [0.15, 0.2) is 18.2 Å². The van der Waals surface area contributed by atoms with E-state index in [9.17, 15) is 4.39 Å². The third-order valence-electron chi connectivity index (χ3n) is 2.33. The van der Waals surface area contributed by atoms with Crippen molar-refractivity contribution in [1.29, 1.82) is 0 Å². The predicted molar refractivity (Wildman–Crippen MR) is 60.9 cm³/mol. The highest BCUT2D eigenvalue weighted by Gasteiger charge is 2.12. The van der Waals surface area contributed by atoms with Crippen LogP contribution in [0.2, 0.25) is 0 Å². The van der Waals surface area contributed by atoms with Crippen LogP contribution >= 0.6 is 0 Å². The minimum Gasteiger partial charge on any atom is -0.298 e. The van der Waals surface area contributed by atoms with Gasteiger partial charge < -0.3 is 0 Å².